The van der Waals surface area contributed by atoms with Gasteiger partial charge in [-0.15, -0.1) is 11.3 Å². The van der Waals surface area contributed by atoms with E-state index in [0.29, 0.717) is 12.5 Å². The van der Waals surface area contributed by atoms with Crippen molar-refractivity contribution in [2.75, 3.05) is 11.9 Å². The second kappa shape index (κ2) is 7.24. The Morgan fingerprint density at radius 3 is 2.85 bits per heavy atom. The van der Waals surface area contributed by atoms with Crippen LogP contribution < -0.4 is 10.1 Å². The molecule has 20 heavy (non-hydrogen) atoms. The van der Waals surface area contributed by atoms with E-state index in [1.54, 1.807) is 11.3 Å². The van der Waals surface area contributed by atoms with Crippen molar-refractivity contribution in [3.8, 4) is 5.88 Å². The average Bonchev–Trinajstić information content (AvgIpc) is 2.96. The van der Waals surface area contributed by atoms with Gasteiger partial charge >= 0.3 is 0 Å². The van der Waals surface area contributed by atoms with Crippen molar-refractivity contribution >= 4 is 17.2 Å². The van der Waals surface area contributed by atoms with Crippen LogP contribution in [0, 0.1) is 0 Å². The average molecular weight is 291 g/mol. The van der Waals surface area contributed by atoms with Gasteiger partial charge in [0.15, 0.2) is 0 Å². The van der Waals surface area contributed by atoms with Gasteiger partial charge in [0.2, 0.25) is 5.88 Å². The molecule has 4 nitrogen and oxygen atoms in total. The van der Waals surface area contributed by atoms with Crippen molar-refractivity contribution in [2.24, 2.45) is 0 Å². The SMILES string of the molecule is CCCNc1cc(OCc2cccs2)nc(C(C)C)n1. The van der Waals surface area contributed by atoms with Crippen LogP contribution in [0.2, 0.25) is 0 Å². The molecule has 0 fully saturated rings. The third-order valence-corrected chi connectivity index (χ3v) is 3.58. The van der Waals surface area contributed by atoms with Gasteiger partial charge in [0.1, 0.15) is 18.2 Å². The number of thiophene rings is 1. The fraction of sp³-hybridized carbons (Fsp3) is 0.467. The number of anilines is 1. The molecule has 0 aromatic carbocycles. The van der Waals surface area contributed by atoms with Gasteiger partial charge in [-0.25, -0.2) is 4.98 Å². The minimum absolute atomic E-state index is 0.280. The monoisotopic (exact) mass is 291 g/mol. The highest BCUT2D eigenvalue weighted by atomic mass is 32.1. The summed E-state index contributed by atoms with van der Waals surface area (Å²) >= 11 is 1.69. The third-order valence-electron chi connectivity index (χ3n) is 2.73. The zero-order chi connectivity index (χ0) is 14.4. The van der Waals surface area contributed by atoms with Crippen molar-refractivity contribution < 1.29 is 4.74 Å². The quantitative estimate of drug-likeness (QED) is 0.835. The predicted octanol–water partition coefficient (Wildman–Crippen LogP) is 4.06. The van der Waals surface area contributed by atoms with Crippen molar-refractivity contribution in [1.82, 2.24) is 9.97 Å². The molecule has 2 aromatic heterocycles. The number of aromatic nitrogens is 2. The summed E-state index contributed by atoms with van der Waals surface area (Å²) in [5.74, 6) is 2.57. The van der Waals surface area contributed by atoms with E-state index in [-0.39, 0.29) is 5.92 Å². The normalized spacial score (nSPS) is 10.8. The molecule has 0 spiro atoms. The minimum atomic E-state index is 0.280. The lowest BCUT2D eigenvalue weighted by molar-refractivity contribution is 0.295. The number of hydrogen-bond donors (Lipinski definition) is 1. The second-order valence-corrected chi connectivity index (χ2v) is 5.93. The first-order valence-corrected chi connectivity index (χ1v) is 7.85. The maximum atomic E-state index is 5.78. The van der Waals surface area contributed by atoms with Crippen LogP contribution in [0.25, 0.3) is 0 Å². The Bertz CT molecular complexity index is 526. The van der Waals surface area contributed by atoms with Gasteiger partial charge in [-0.1, -0.05) is 26.8 Å². The van der Waals surface area contributed by atoms with E-state index in [1.165, 1.54) is 4.88 Å². The Morgan fingerprint density at radius 1 is 1.35 bits per heavy atom. The summed E-state index contributed by atoms with van der Waals surface area (Å²) in [4.78, 5) is 10.2. The van der Waals surface area contributed by atoms with E-state index in [4.69, 9.17) is 4.74 Å². The number of nitrogens with zero attached hydrogens (tertiary/aromatic N) is 2. The molecule has 0 unspecified atom stereocenters. The Hall–Kier alpha value is -1.62. The van der Waals surface area contributed by atoms with Crippen LogP contribution in [0.15, 0.2) is 23.6 Å². The van der Waals surface area contributed by atoms with Crippen LogP contribution in [-0.4, -0.2) is 16.5 Å². The van der Waals surface area contributed by atoms with Crippen LogP contribution in [0.1, 0.15) is 43.8 Å². The number of nitrogens with one attached hydrogen (secondary N) is 1. The molecule has 0 radical (unpaired) electrons. The lowest BCUT2D eigenvalue weighted by Crippen LogP contribution is -2.08. The van der Waals surface area contributed by atoms with Gasteiger partial charge in [-0.3, -0.25) is 0 Å². The summed E-state index contributed by atoms with van der Waals surface area (Å²) in [7, 11) is 0. The summed E-state index contributed by atoms with van der Waals surface area (Å²) in [5, 5.41) is 5.34. The van der Waals surface area contributed by atoms with E-state index >= 15 is 0 Å². The molecular weight excluding hydrogens is 270 g/mol. The second-order valence-electron chi connectivity index (χ2n) is 4.90. The fourth-order valence-electron chi connectivity index (χ4n) is 1.66. The van der Waals surface area contributed by atoms with Gasteiger partial charge in [0.05, 0.1) is 0 Å². The van der Waals surface area contributed by atoms with E-state index < -0.39 is 0 Å². The number of ether oxygens (including phenoxy) is 1. The lowest BCUT2D eigenvalue weighted by Gasteiger charge is -2.11. The number of rotatable bonds is 7. The summed E-state index contributed by atoms with van der Waals surface area (Å²) in [6, 6.07) is 5.96. The standard InChI is InChI=1S/C15H21N3OS/c1-4-7-16-13-9-14(18-15(17-13)11(2)3)19-10-12-6-5-8-20-12/h5-6,8-9,11H,4,7,10H2,1-3H3,(H,16,17,18). The minimum Gasteiger partial charge on any atom is -0.472 e. The molecule has 0 saturated heterocycles. The highest BCUT2D eigenvalue weighted by Gasteiger charge is 2.09. The zero-order valence-electron chi connectivity index (χ0n) is 12.2. The topological polar surface area (TPSA) is 47.0 Å². The molecular formula is C15H21N3OS. The van der Waals surface area contributed by atoms with Gasteiger partial charge in [-0.05, 0) is 17.9 Å². The van der Waals surface area contributed by atoms with Crippen molar-refractivity contribution in [2.45, 2.75) is 39.7 Å². The maximum absolute atomic E-state index is 5.78. The Labute approximate surface area is 124 Å². The highest BCUT2D eigenvalue weighted by Crippen LogP contribution is 2.20. The van der Waals surface area contributed by atoms with E-state index in [9.17, 15) is 0 Å². The van der Waals surface area contributed by atoms with Crippen molar-refractivity contribution in [1.29, 1.82) is 0 Å². The van der Waals surface area contributed by atoms with Crippen LogP contribution in [0.5, 0.6) is 5.88 Å². The van der Waals surface area contributed by atoms with Crippen LogP contribution in [0.3, 0.4) is 0 Å². The molecule has 5 heteroatoms. The first-order chi connectivity index (χ1) is 9.69. The Morgan fingerprint density at radius 2 is 2.20 bits per heavy atom. The molecule has 0 aliphatic carbocycles. The first-order valence-electron chi connectivity index (χ1n) is 6.97. The molecule has 0 atom stereocenters. The molecule has 2 aromatic rings. The highest BCUT2D eigenvalue weighted by molar-refractivity contribution is 7.09. The fourth-order valence-corrected chi connectivity index (χ4v) is 2.27. The summed E-state index contributed by atoms with van der Waals surface area (Å²) in [5.41, 5.74) is 0. The van der Waals surface area contributed by atoms with Crippen molar-refractivity contribution in [3.63, 3.8) is 0 Å². The smallest absolute Gasteiger partial charge is 0.219 e. The third kappa shape index (κ3) is 4.20. The van der Waals surface area contributed by atoms with Gasteiger partial charge in [0, 0.05) is 23.4 Å². The molecule has 0 aliphatic heterocycles. The molecule has 1 N–H and O–H groups in total. The summed E-state index contributed by atoms with van der Waals surface area (Å²) in [6.07, 6.45) is 1.06. The van der Waals surface area contributed by atoms with Gasteiger partial charge in [-0.2, -0.15) is 4.98 Å². The first kappa shape index (κ1) is 14.8. The van der Waals surface area contributed by atoms with Crippen LogP contribution >= 0.6 is 11.3 Å². The zero-order valence-corrected chi connectivity index (χ0v) is 13.0. The molecule has 108 valence electrons. The van der Waals surface area contributed by atoms with Crippen LogP contribution in [-0.2, 0) is 6.61 Å². The Balaban J connectivity index is 2.11. The van der Waals surface area contributed by atoms with E-state index in [1.807, 2.05) is 17.5 Å². The molecule has 0 bridgehead atoms. The van der Waals surface area contributed by atoms with Crippen molar-refractivity contribution in [3.05, 3.63) is 34.3 Å². The molecule has 0 amide bonds. The number of hydrogen-bond acceptors (Lipinski definition) is 5. The van der Waals surface area contributed by atoms with Gasteiger partial charge in [0.25, 0.3) is 0 Å². The molecule has 0 saturated carbocycles. The summed E-state index contributed by atoms with van der Waals surface area (Å²) < 4.78 is 5.78. The molecule has 0 aliphatic rings. The van der Waals surface area contributed by atoms with E-state index in [2.05, 4.69) is 42.1 Å². The lowest BCUT2D eigenvalue weighted by atomic mass is 10.2. The molecule has 2 rings (SSSR count). The predicted molar refractivity (Wildman–Crippen MR) is 83.6 cm³/mol. The van der Waals surface area contributed by atoms with Gasteiger partial charge < -0.3 is 10.1 Å². The molecule has 2 heterocycles. The Kier molecular flexibility index (Phi) is 5.35. The van der Waals surface area contributed by atoms with E-state index in [0.717, 1.165) is 24.6 Å². The summed E-state index contributed by atoms with van der Waals surface area (Å²) in [6.45, 7) is 7.76. The maximum Gasteiger partial charge on any atom is 0.219 e. The van der Waals surface area contributed by atoms with Crippen LogP contribution in [0.4, 0.5) is 5.82 Å². The largest absolute Gasteiger partial charge is 0.472 e.